The molecule has 0 fully saturated rings. The van der Waals surface area contributed by atoms with Gasteiger partial charge in [-0.25, -0.2) is 4.79 Å². The lowest BCUT2D eigenvalue weighted by atomic mass is 10.1. The molecule has 3 N–H and O–H groups in total. The topological polar surface area (TPSA) is 81.6 Å². The quantitative estimate of drug-likeness (QED) is 0.720. The molecule has 0 aliphatic carbocycles. The molecule has 0 bridgehead atoms. The lowest BCUT2D eigenvalue weighted by Gasteiger charge is -2.03. The zero-order valence-corrected chi connectivity index (χ0v) is 10.4. The number of nitrogens with zero attached hydrogens (tertiary/aromatic N) is 3. The molecule has 0 atom stereocenters. The molecule has 0 aliphatic rings. The molecule has 3 rings (SSSR count). The molecule has 0 spiro atoms. The summed E-state index contributed by atoms with van der Waals surface area (Å²) in [6, 6.07) is 9.39. The van der Waals surface area contributed by atoms with Crippen LogP contribution in [0, 0.1) is 0 Å². The zero-order chi connectivity index (χ0) is 13.4. The number of nitrogens with one attached hydrogen (secondary N) is 1. The summed E-state index contributed by atoms with van der Waals surface area (Å²) in [5.41, 5.74) is 8.09. The van der Waals surface area contributed by atoms with Crippen molar-refractivity contribution in [2.24, 2.45) is 7.05 Å². The molecule has 0 amide bonds. The van der Waals surface area contributed by atoms with E-state index in [-0.39, 0.29) is 5.69 Å². The Labute approximate surface area is 109 Å². The van der Waals surface area contributed by atoms with E-state index in [1.165, 1.54) is 4.57 Å². The molecule has 0 radical (unpaired) electrons. The van der Waals surface area contributed by atoms with E-state index in [1.807, 2.05) is 24.3 Å². The van der Waals surface area contributed by atoms with Gasteiger partial charge < -0.3 is 10.7 Å². The van der Waals surface area contributed by atoms with Gasteiger partial charge in [0.05, 0.1) is 11.4 Å². The zero-order valence-electron chi connectivity index (χ0n) is 10.4. The van der Waals surface area contributed by atoms with Crippen LogP contribution in [0.3, 0.4) is 0 Å². The van der Waals surface area contributed by atoms with Crippen LogP contribution >= 0.6 is 0 Å². The van der Waals surface area contributed by atoms with Crippen molar-refractivity contribution >= 4 is 5.82 Å². The van der Waals surface area contributed by atoms with Gasteiger partial charge in [-0.05, 0) is 12.1 Å². The first-order chi connectivity index (χ1) is 9.15. The predicted molar refractivity (Wildman–Crippen MR) is 73.0 cm³/mol. The van der Waals surface area contributed by atoms with Crippen molar-refractivity contribution in [2.45, 2.75) is 0 Å². The third-order valence-electron chi connectivity index (χ3n) is 2.99. The van der Waals surface area contributed by atoms with Crippen LogP contribution in [0.25, 0.3) is 16.9 Å². The third kappa shape index (κ3) is 1.93. The van der Waals surface area contributed by atoms with Crippen LogP contribution in [-0.4, -0.2) is 19.3 Å². The Kier molecular flexibility index (Phi) is 2.49. The highest BCUT2D eigenvalue weighted by Crippen LogP contribution is 2.21. The van der Waals surface area contributed by atoms with Gasteiger partial charge in [-0.2, -0.15) is 5.10 Å². The second-order valence-corrected chi connectivity index (χ2v) is 4.26. The minimum Gasteiger partial charge on any atom is -0.384 e. The molecule has 96 valence electrons. The smallest absolute Gasteiger partial charge is 0.330 e. The molecule has 2 aromatic heterocycles. The Morgan fingerprint density at radius 1 is 1.32 bits per heavy atom. The van der Waals surface area contributed by atoms with E-state index in [4.69, 9.17) is 5.73 Å². The molecule has 1 aromatic carbocycles. The van der Waals surface area contributed by atoms with Crippen molar-refractivity contribution < 1.29 is 0 Å². The fraction of sp³-hybridized carbons (Fsp3) is 0.0769. The number of H-pyrrole nitrogens is 1. The maximum atomic E-state index is 11.6. The molecule has 3 aromatic rings. The third-order valence-corrected chi connectivity index (χ3v) is 2.99. The molecule has 0 saturated carbocycles. The van der Waals surface area contributed by atoms with Crippen LogP contribution in [0.5, 0.6) is 0 Å². The van der Waals surface area contributed by atoms with Crippen molar-refractivity contribution in [2.75, 3.05) is 5.73 Å². The van der Waals surface area contributed by atoms with Crippen LogP contribution in [-0.2, 0) is 7.05 Å². The minimum atomic E-state index is -0.169. The van der Waals surface area contributed by atoms with Crippen LogP contribution in [0.1, 0.15) is 0 Å². The summed E-state index contributed by atoms with van der Waals surface area (Å²) in [5.74, 6) is 0.596. The van der Waals surface area contributed by atoms with Gasteiger partial charge in [0.25, 0.3) is 0 Å². The Balaban J connectivity index is 2.10. The lowest BCUT2D eigenvalue weighted by molar-refractivity contribution is 0.782. The van der Waals surface area contributed by atoms with Gasteiger partial charge in [0.15, 0.2) is 0 Å². The summed E-state index contributed by atoms with van der Waals surface area (Å²) >= 11 is 0. The summed E-state index contributed by atoms with van der Waals surface area (Å²) in [4.78, 5) is 14.2. The number of aryl methyl sites for hydroxylation is 1. The monoisotopic (exact) mass is 255 g/mol. The van der Waals surface area contributed by atoms with Crippen LogP contribution in [0.15, 0.2) is 47.5 Å². The number of benzene rings is 1. The number of nitrogens with two attached hydrogens (primary N) is 1. The first kappa shape index (κ1) is 11.3. The van der Waals surface area contributed by atoms with Gasteiger partial charge in [-0.15, -0.1) is 0 Å². The van der Waals surface area contributed by atoms with E-state index in [1.54, 1.807) is 30.2 Å². The normalized spacial score (nSPS) is 10.8. The summed E-state index contributed by atoms with van der Waals surface area (Å²) in [6.45, 7) is 0. The fourth-order valence-corrected chi connectivity index (χ4v) is 1.96. The molecule has 6 nitrogen and oxygen atoms in total. The first-order valence-electron chi connectivity index (χ1n) is 5.81. The maximum absolute atomic E-state index is 11.6. The van der Waals surface area contributed by atoms with Gasteiger partial charge in [0, 0.05) is 31.1 Å². The molecule has 19 heavy (non-hydrogen) atoms. The number of hydrogen-bond acceptors (Lipinski definition) is 3. The van der Waals surface area contributed by atoms with Crippen LogP contribution in [0.2, 0.25) is 0 Å². The van der Waals surface area contributed by atoms with Crippen molar-refractivity contribution in [1.29, 1.82) is 0 Å². The van der Waals surface area contributed by atoms with Gasteiger partial charge >= 0.3 is 5.69 Å². The molecule has 0 aliphatic heterocycles. The van der Waals surface area contributed by atoms with Gasteiger partial charge in [-0.3, -0.25) is 9.25 Å². The highest BCUT2D eigenvalue weighted by Gasteiger charge is 2.07. The highest BCUT2D eigenvalue weighted by atomic mass is 16.1. The van der Waals surface area contributed by atoms with Gasteiger partial charge in [0.1, 0.15) is 5.82 Å². The Morgan fingerprint density at radius 3 is 2.79 bits per heavy atom. The number of nitrogen functional groups attached to an aromatic ring is 1. The van der Waals surface area contributed by atoms with Gasteiger partial charge in [-0.1, -0.05) is 12.1 Å². The number of rotatable bonds is 2. The Morgan fingerprint density at radius 2 is 2.16 bits per heavy atom. The van der Waals surface area contributed by atoms with Gasteiger partial charge in [0.2, 0.25) is 0 Å². The molecular weight excluding hydrogens is 242 g/mol. The van der Waals surface area contributed by atoms with E-state index in [0.717, 1.165) is 16.9 Å². The Hall–Kier alpha value is -2.76. The number of anilines is 1. The summed E-state index contributed by atoms with van der Waals surface area (Å²) in [6.07, 6.45) is 3.29. The molecular formula is C13H13N5O. The van der Waals surface area contributed by atoms with E-state index in [0.29, 0.717) is 5.82 Å². The fourth-order valence-electron chi connectivity index (χ4n) is 1.96. The van der Waals surface area contributed by atoms with Crippen LogP contribution < -0.4 is 11.4 Å². The average Bonchev–Trinajstić information content (AvgIpc) is 2.97. The van der Waals surface area contributed by atoms with E-state index < -0.39 is 0 Å². The molecule has 0 saturated heterocycles. The molecule has 2 heterocycles. The summed E-state index contributed by atoms with van der Waals surface area (Å²) in [5, 5.41) is 4.32. The van der Waals surface area contributed by atoms with E-state index in [9.17, 15) is 4.79 Å². The highest BCUT2D eigenvalue weighted by molar-refractivity contribution is 5.64. The predicted octanol–water partition coefficient (Wildman–Crippen LogP) is 1.15. The first-order valence-corrected chi connectivity index (χ1v) is 5.81. The maximum Gasteiger partial charge on any atom is 0.330 e. The Bertz CT molecular complexity index is 761. The molecule has 6 heteroatoms. The summed E-state index contributed by atoms with van der Waals surface area (Å²) < 4.78 is 3.15. The van der Waals surface area contributed by atoms with E-state index in [2.05, 4.69) is 10.1 Å². The average molecular weight is 255 g/mol. The number of hydrogen-bond donors (Lipinski definition) is 2. The van der Waals surface area contributed by atoms with Crippen molar-refractivity contribution in [1.82, 2.24) is 19.3 Å². The second kappa shape index (κ2) is 4.16. The van der Waals surface area contributed by atoms with Crippen molar-refractivity contribution in [3.05, 3.63) is 53.2 Å². The van der Waals surface area contributed by atoms with E-state index >= 15 is 0 Å². The van der Waals surface area contributed by atoms with Crippen molar-refractivity contribution in [3.8, 4) is 16.9 Å². The van der Waals surface area contributed by atoms with Crippen LogP contribution in [0.4, 0.5) is 5.82 Å². The number of imidazole rings is 1. The lowest BCUT2D eigenvalue weighted by Crippen LogP contribution is -2.13. The van der Waals surface area contributed by atoms with Crippen molar-refractivity contribution in [3.63, 3.8) is 0 Å². The SMILES string of the molecule is Cn1nc(-c2cccc(-n3cc[nH]c3=O)c2)cc1N. The molecule has 0 unspecified atom stereocenters. The standard InChI is InChI=1S/C13H13N5O/c1-17-12(14)8-11(16-17)9-3-2-4-10(7-9)18-6-5-15-13(18)19/h2-8H,14H2,1H3,(H,15,19). The number of aromatic nitrogens is 4. The number of aromatic amines is 1. The summed E-state index contributed by atoms with van der Waals surface area (Å²) in [7, 11) is 1.79. The second-order valence-electron chi connectivity index (χ2n) is 4.26. The largest absolute Gasteiger partial charge is 0.384 e. The minimum absolute atomic E-state index is 0.169.